The number of rotatable bonds is 3. The van der Waals surface area contributed by atoms with Crippen LogP contribution in [0.4, 0.5) is 0 Å². The molecule has 2 N–H and O–H groups in total. The molecule has 1 aromatic heterocycles. The Morgan fingerprint density at radius 3 is 2.50 bits per heavy atom. The Labute approximate surface area is 93.8 Å². The van der Waals surface area contributed by atoms with Gasteiger partial charge in [0, 0.05) is 13.5 Å². The van der Waals surface area contributed by atoms with Crippen LogP contribution in [0.2, 0.25) is 0 Å². The van der Waals surface area contributed by atoms with Crippen LogP contribution in [-0.4, -0.2) is 20.0 Å². The molecule has 0 aliphatic carbocycles. The van der Waals surface area contributed by atoms with Gasteiger partial charge in [0.05, 0.1) is 18.0 Å². The van der Waals surface area contributed by atoms with Crippen molar-refractivity contribution in [1.29, 1.82) is 0 Å². The van der Waals surface area contributed by atoms with E-state index in [4.69, 9.17) is 10.2 Å². The van der Waals surface area contributed by atoms with Crippen LogP contribution in [0.25, 0.3) is 0 Å². The van der Waals surface area contributed by atoms with Gasteiger partial charge in [-0.2, -0.15) is 5.10 Å². The van der Waals surface area contributed by atoms with Crippen molar-refractivity contribution in [1.82, 2.24) is 9.78 Å². The van der Waals surface area contributed by atoms with Crippen LogP contribution >= 0.6 is 0 Å². The molecule has 0 aliphatic rings. The lowest BCUT2D eigenvalue weighted by Gasteiger charge is -1.98. The van der Waals surface area contributed by atoms with E-state index in [-0.39, 0.29) is 12.4 Å². The molecule has 0 radical (unpaired) electrons. The molecule has 0 bridgehead atoms. The molecule has 84 valence electrons. The second-order valence-corrected chi connectivity index (χ2v) is 3.75. The number of aliphatic hydroxyl groups excluding tert-OH is 1. The first-order chi connectivity index (χ1) is 7.69. The fourth-order valence-electron chi connectivity index (χ4n) is 1.63. The Balaban J connectivity index is 2.17. The fourth-order valence-corrected chi connectivity index (χ4v) is 1.63. The van der Waals surface area contributed by atoms with Gasteiger partial charge in [-0.1, -0.05) is 12.1 Å². The minimum absolute atomic E-state index is 0.000915. The largest absolute Gasteiger partial charge is 0.508 e. The predicted molar refractivity (Wildman–Crippen MR) is 60.0 cm³/mol. The van der Waals surface area contributed by atoms with Gasteiger partial charge >= 0.3 is 0 Å². The normalized spacial score (nSPS) is 10.6. The summed E-state index contributed by atoms with van der Waals surface area (Å²) in [6.45, 7) is -0.000915. The van der Waals surface area contributed by atoms with Crippen molar-refractivity contribution in [2.24, 2.45) is 7.05 Å². The van der Waals surface area contributed by atoms with Gasteiger partial charge in [0.25, 0.3) is 0 Å². The second kappa shape index (κ2) is 4.37. The predicted octanol–water partition coefficient (Wildman–Crippen LogP) is 1.21. The summed E-state index contributed by atoms with van der Waals surface area (Å²) in [6, 6.07) is 8.93. The van der Waals surface area contributed by atoms with Crippen LogP contribution in [0.1, 0.15) is 17.0 Å². The van der Waals surface area contributed by atoms with Gasteiger partial charge in [0.2, 0.25) is 0 Å². The Bertz CT molecular complexity index is 474. The number of hydrogen-bond donors (Lipinski definition) is 2. The van der Waals surface area contributed by atoms with Crippen LogP contribution < -0.4 is 0 Å². The van der Waals surface area contributed by atoms with Crippen molar-refractivity contribution in [3.8, 4) is 5.75 Å². The van der Waals surface area contributed by atoms with Gasteiger partial charge in [0.15, 0.2) is 0 Å². The van der Waals surface area contributed by atoms with Crippen LogP contribution in [0.3, 0.4) is 0 Å². The molecule has 2 rings (SSSR count). The highest BCUT2D eigenvalue weighted by atomic mass is 16.3. The third-order valence-electron chi connectivity index (χ3n) is 2.51. The molecule has 1 aromatic carbocycles. The van der Waals surface area contributed by atoms with E-state index in [0.717, 1.165) is 17.0 Å². The number of phenolic OH excluding ortho intramolecular Hbond substituents is 1. The zero-order valence-electron chi connectivity index (χ0n) is 9.09. The van der Waals surface area contributed by atoms with Crippen molar-refractivity contribution in [2.45, 2.75) is 13.0 Å². The SMILES string of the molecule is Cn1nc(Cc2ccc(O)cc2)cc1CO. The van der Waals surface area contributed by atoms with Gasteiger partial charge in [-0.15, -0.1) is 0 Å². The van der Waals surface area contributed by atoms with E-state index in [9.17, 15) is 0 Å². The number of phenols is 1. The summed E-state index contributed by atoms with van der Waals surface area (Å²) in [7, 11) is 1.81. The minimum atomic E-state index is -0.000915. The Morgan fingerprint density at radius 2 is 1.94 bits per heavy atom. The van der Waals surface area contributed by atoms with E-state index in [1.807, 2.05) is 25.2 Å². The van der Waals surface area contributed by atoms with E-state index in [1.165, 1.54) is 0 Å². The molecule has 0 atom stereocenters. The molecular weight excluding hydrogens is 204 g/mol. The van der Waals surface area contributed by atoms with Crippen LogP contribution in [0.5, 0.6) is 5.75 Å². The molecule has 0 amide bonds. The highest BCUT2D eigenvalue weighted by molar-refractivity contribution is 5.29. The van der Waals surface area contributed by atoms with E-state index in [2.05, 4.69) is 5.10 Å². The smallest absolute Gasteiger partial charge is 0.115 e. The lowest BCUT2D eigenvalue weighted by Crippen LogP contribution is -1.97. The van der Waals surface area contributed by atoms with Gasteiger partial charge in [0.1, 0.15) is 5.75 Å². The molecule has 1 heterocycles. The fraction of sp³-hybridized carbons (Fsp3) is 0.250. The monoisotopic (exact) mass is 218 g/mol. The molecule has 0 saturated heterocycles. The average molecular weight is 218 g/mol. The molecule has 2 aromatic rings. The molecule has 0 saturated carbocycles. The molecule has 4 nitrogen and oxygen atoms in total. The van der Waals surface area contributed by atoms with Crippen molar-refractivity contribution in [3.63, 3.8) is 0 Å². The molecule has 0 aliphatic heterocycles. The van der Waals surface area contributed by atoms with Crippen molar-refractivity contribution < 1.29 is 10.2 Å². The lowest BCUT2D eigenvalue weighted by atomic mass is 10.1. The first-order valence-electron chi connectivity index (χ1n) is 5.09. The number of aliphatic hydroxyl groups is 1. The first kappa shape index (κ1) is 10.7. The third kappa shape index (κ3) is 2.23. The third-order valence-corrected chi connectivity index (χ3v) is 2.51. The quantitative estimate of drug-likeness (QED) is 0.814. The maximum absolute atomic E-state index is 9.16. The number of aryl methyl sites for hydroxylation is 1. The summed E-state index contributed by atoms with van der Waals surface area (Å²) in [6.07, 6.45) is 0.702. The summed E-state index contributed by atoms with van der Waals surface area (Å²) in [5, 5.41) is 22.5. The van der Waals surface area contributed by atoms with Crippen LogP contribution in [0, 0.1) is 0 Å². The summed E-state index contributed by atoms with van der Waals surface area (Å²) in [4.78, 5) is 0. The van der Waals surface area contributed by atoms with Crippen molar-refractivity contribution >= 4 is 0 Å². The maximum atomic E-state index is 9.16. The number of benzene rings is 1. The number of hydrogen-bond acceptors (Lipinski definition) is 3. The molecule has 0 spiro atoms. The molecule has 16 heavy (non-hydrogen) atoms. The second-order valence-electron chi connectivity index (χ2n) is 3.75. The number of nitrogens with zero attached hydrogens (tertiary/aromatic N) is 2. The van der Waals surface area contributed by atoms with Gasteiger partial charge in [-0.3, -0.25) is 4.68 Å². The average Bonchev–Trinajstić information content (AvgIpc) is 2.62. The molecule has 0 unspecified atom stereocenters. The standard InChI is InChI=1S/C12H14N2O2/c1-14-11(8-15)7-10(13-14)6-9-2-4-12(16)5-3-9/h2-5,7,15-16H,6,8H2,1H3. The van der Waals surface area contributed by atoms with Gasteiger partial charge in [-0.25, -0.2) is 0 Å². The number of aromatic hydroxyl groups is 1. The Hall–Kier alpha value is -1.81. The zero-order valence-corrected chi connectivity index (χ0v) is 9.09. The summed E-state index contributed by atoms with van der Waals surface area (Å²) in [5.41, 5.74) is 2.80. The van der Waals surface area contributed by atoms with E-state index >= 15 is 0 Å². The van der Waals surface area contributed by atoms with Crippen LogP contribution in [-0.2, 0) is 20.1 Å². The lowest BCUT2D eigenvalue weighted by molar-refractivity contribution is 0.270. The minimum Gasteiger partial charge on any atom is -0.508 e. The molecular formula is C12H14N2O2. The highest BCUT2D eigenvalue weighted by Crippen LogP contribution is 2.13. The summed E-state index contributed by atoms with van der Waals surface area (Å²) < 4.78 is 1.68. The topological polar surface area (TPSA) is 58.3 Å². The first-order valence-corrected chi connectivity index (χ1v) is 5.09. The van der Waals surface area contributed by atoms with E-state index in [0.29, 0.717) is 6.42 Å². The van der Waals surface area contributed by atoms with Crippen molar-refractivity contribution in [3.05, 3.63) is 47.3 Å². The maximum Gasteiger partial charge on any atom is 0.115 e. The molecule has 0 fully saturated rings. The van der Waals surface area contributed by atoms with Gasteiger partial charge in [-0.05, 0) is 23.8 Å². The van der Waals surface area contributed by atoms with Gasteiger partial charge < -0.3 is 10.2 Å². The van der Waals surface area contributed by atoms with E-state index < -0.39 is 0 Å². The summed E-state index contributed by atoms with van der Waals surface area (Å²) in [5.74, 6) is 0.265. The highest BCUT2D eigenvalue weighted by Gasteiger charge is 2.04. The van der Waals surface area contributed by atoms with Crippen molar-refractivity contribution in [2.75, 3.05) is 0 Å². The zero-order chi connectivity index (χ0) is 11.5. The Morgan fingerprint density at radius 1 is 1.25 bits per heavy atom. The molecule has 4 heteroatoms. The number of aromatic nitrogens is 2. The Kier molecular flexibility index (Phi) is 2.92. The van der Waals surface area contributed by atoms with E-state index in [1.54, 1.807) is 16.8 Å². The summed E-state index contributed by atoms with van der Waals surface area (Å²) >= 11 is 0. The van der Waals surface area contributed by atoms with Crippen LogP contribution in [0.15, 0.2) is 30.3 Å².